The Kier molecular flexibility index (Phi) is 5.29. The minimum atomic E-state index is -1.26. The first-order valence-corrected chi connectivity index (χ1v) is 6.48. The average molecular weight is 271 g/mol. The van der Waals surface area contributed by atoms with Crippen LogP contribution in [-0.4, -0.2) is 41.0 Å². The zero-order chi connectivity index (χ0) is 14.5. The van der Waals surface area contributed by atoms with Crippen molar-refractivity contribution in [3.05, 3.63) is 0 Å². The molecule has 0 aliphatic carbocycles. The van der Waals surface area contributed by atoms with Gasteiger partial charge < -0.3 is 21.5 Å². The number of aliphatic carboxylic acids is 1. The summed E-state index contributed by atoms with van der Waals surface area (Å²) in [5.74, 6) is -2.37. The van der Waals surface area contributed by atoms with Crippen molar-refractivity contribution in [1.82, 2.24) is 10.6 Å². The van der Waals surface area contributed by atoms with Crippen molar-refractivity contribution < 1.29 is 19.5 Å². The van der Waals surface area contributed by atoms with Crippen molar-refractivity contribution in [3.63, 3.8) is 0 Å². The smallest absolute Gasteiger partial charge is 0.326 e. The van der Waals surface area contributed by atoms with E-state index in [-0.39, 0.29) is 5.91 Å². The van der Waals surface area contributed by atoms with Crippen LogP contribution in [0.25, 0.3) is 0 Å². The van der Waals surface area contributed by atoms with E-state index >= 15 is 0 Å². The van der Waals surface area contributed by atoms with E-state index in [2.05, 4.69) is 10.6 Å². The van der Waals surface area contributed by atoms with Gasteiger partial charge in [-0.1, -0.05) is 13.3 Å². The Bertz CT molecular complexity index is 364. The first-order valence-electron chi connectivity index (χ1n) is 6.48. The lowest BCUT2D eigenvalue weighted by molar-refractivity contribution is -0.144. The van der Waals surface area contributed by atoms with Crippen molar-refractivity contribution in [2.45, 2.75) is 50.6 Å². The van der Waals surface area contributed by atoms with Gasteiger partial charge in [-0.15, -0.1) is 0 Å². The third-order valence-corrected chi connectivity index (χ3v) is 3.36. The number of nitrogens with one attached hydrogen (secondary N) is 2. The normalized spacial score (nSPS) is 23.8. The van der Waals surface area contributed by atoms with Gasteiger partial charge in [-0.25, -0.2) is 4.79 Å². The Balaban J connectivity index is 2.74. The first kappa shape index (κ1) is 15.4. The van der Waals surface area contributed by atoms with Crippen LogP contribution in [0.2, 0.25) is 0 Å². The quantitative estimate of drug-likeness (QED) is 0.490. The molecule has 2 amide bonds. The minimum absolute atomic E-state index is 0.361. The fourth-order valence-electron chi connectivity index (χ4n) is 2.45. The van der Waals surface area contributed by atoms with E-state index in [0.29, 0.717) is 12.8 Å². The molecule has 2 unspecified atom stereocenters. The lowest BCUT2D eigenvalue weighted by Crippen LogP contribution is -2.57. The summed E-state index contributed by atoms with van der Waals surface area (Å²) in [4.78, 5) is 34.1. The van der Waals surface area contributed by atoms with Crippen LogP contribution in [-0.2, 0) is 14.4 Å². The molecule has 0 aromatic carbocycles. The van der Waals surface area contributed by atoms with Gasteiger partial charge in [-0.2, -0.15) is 0 Å². The highest BCUT2D eigenvalue weighted by atomic mass is 16.4. The summed E-state index contributed by atoms with van der Waals surface area (Å²) in [5, 5.41) is 14.5. The van der Waals surface area contributed by atoms with Crippen LogP contribution in [0.4, 0.5) is 0 Å². The molecule has 1 heterocycles. The van der Waals surface area contributed by atoms with E-state index in [1.54, 1.807) is 0 Å². The fraction of sp³-hybridized carbons (Fsp3) is 0.750. The summed E-state index contributed by atoms with van der Waals surface area (Å²) in [6, 6.07) is -1.26. The lowest BCUT2D eigenvalue weighted by Gasteiger charge is -2.29. The first-order chi connectivity index (χ1) is 8.91. The Hall–Kier alpha value is -1.63. The van der Waals surface area contributed by atoms with Gasteiger partial charge in [0.1, 0.15) is 6.04 Å². The summed E-state index contributed by atoms with van der Waals surface area (Å²) in [5.41, 5.74) is 4.27. The Morgan fingerprint density at radius 3 is 2.58 bits per heavy atom. The highest BCUT2D eigenvalue weighted by Gasteiger charge is 2.41. The van der Waals surface area contributed by atoms with Crippen LogP contribution < -0.4 is 16.4 Å². The fourth-order valence-corrected chi connectivity index (χ4v) is 2.45. The van der Waals surface area contributed by atoms with Gasteiger partial charge in [0.15, 0.2) is 0 Å². The lowest BCUT2D eigenvalue weighted by atomic mass is 9.90. The van der Waals surface area contributed by atoms with E-state index in [1.807, 2.05) is 6.92 Å². The summed E-state index contributed by atoms with van der Waals surface area (Å²) in [7, 11) is 0. The number of amides is 2. The van der Waals surface area contributed by atoms with Gasteiger partial charge in [0.2, 0.25) is 11.8 Å². The highest BCUT2D eigenvalue weighted by Crippen LogP contribution is 2.25. The van der Waals surface area contributed by atoms with Crippen molar-refractivity contribution in [1.29, 1.82) is 0 Å². The molecule has 19 heavy (non-hydrogen) atoms. The average Bonchev–Trinajstić information content (AvgIpc) is 2.77. The van der Waals surface area contributed by atoms with Crippen LogP contribution in [0, 0.1) is 0 Å². The van der Waals surface area contributed by atoms with Crippen LogP contribution in [0.3, 0.4) is 0 Å². The largest absolute Gasteiger partial charge is 0.480 e. The topological polar surface area (TPSA) is 122 Å². The van der Waals surface area contributed by atoms with Gasteiger partial charge in [-0.05, 0) is 25.8 Å². The molecule has 0 bridgehead atoms. The van der Waals surface area contributed by atoms with Crippen LogP contribution in [0.1, 0.15) is 39.0 Å². The molecule has 0 radical (unpaired) electrons. The molecular weight excluding hydrogens is 250 g/mol. The van der Waals surface area contributed by atoms with Crippen molar-refractivity contribution in [3.8, 4) is 0 Å². The van der Waals surface area contributed by atoms with E-state index < -0.39 is 29.9 Å². The molecule has 0 aromatic rings. The second kappa shape index (κ2) is 6.51. The van der Waals surface area contributed by atoms with Gasteiger partial charge in [0.25, 0.3) is 0 Å². The second-order valence-corrected chi connectivity index (χ2v) is 4.90. The zero-order valence-corrected chi connectivity index (χ0v) is 11.1. The standard InChI is InChI=1S/C12H21N3O4/c1-2-4-12(5-3-6-14-12)11(19)15-8(10(17)18)7-9(13)16/h8,14H,2-7H2,1H3,(H2,13,16)(H,15,19)(H,17,18). The van der Waals surface area contributed by atoms with Crippen molar-refractivity contribution >= 4 is 17.8 Å². The van der Waals surface area contributed by atoms with Crippen molar-refractivity contribution in [2.75, 3.05) is 6.54 Å². The number of carbonyl (C=O) groups is 3. The monoisotopic (exact) mass is 271 g/mol. The Morgan fingerprint density at radius 2 is 2.16 bits per heavy atom. The number of nitrogens with two attached hydrogens (primary N) is 1. The molecule has 1 fully saturated rings. The van der Waals surface area contributed by atoms with E-state index in [9.17, 15) is 14.4 Å². The van der Waals surface area contributed by atoms with E-state index in [1.165, 1.54) is 0 Å². The predicted octanol–water partition coefficient (Wildman–Crippen LogP) is -0.646. The van der Waals surface area contributed by atoms with Crippen LogP contribution >= 0.6 is 0 Å². The number of carboxylic acid groups (broad SMARTS) is 1. The molecule has 0 saturated carbocycles. The maximum atomic E-state index is 12.3. The number of hydrogen-bond donors (Lipinski definition) is 4. The number of primary amides is 1. The molecule has 0 aromatic heterocycles. The van der Waals surface area contributed by atoms with Gasteiger partial charge in [0, 0.05) is 0 Å². The van der Waals surface area contributed by atoms with Gasteiger partial charge >= 0.3 is 5.97 Å². The van der Waals surface area contributed by atoms with Gasteiger partial charge in [-0.3, -0.25) is 9.59 Å². The van der Waals surface area contributed by atoms with Crippen LogP contribution in [0.5, 0.6) is 0 Å². The summed E-state index contributed by atoms with van der Waals surface area (Å²) < 4.78 is 0. The third-order valence-electron chi connectivity index (χ3n) is 3.36. The molecule has 1 aliphatic heterocycles. The molecule has 5 N–H and O–H groups in total. The molecule has 1 aliphatic rings. The Morgan fingerprint density at radius 1 is 1.47 bits per heavy atom. The van der Waals surface area contributed by atoms with Crippen LogP contribution in [0.15, 0.2) is 0 Å². The summed E-state index contributed by atoms with van der Waals surface area (Å²) in [6.45, 7) is 2.70. The third kappa shape index (κ3) is 3.92. The molecular formula is C12H21N3O4. The molecule has 7 nitrogen and oxygen atoms in total. The highest BCUT2D eigenvalue weighted by molar-refractivity contribution is 5.92. The predicted molar refractivity (Wildman–Crippen MR) is 68.3 cm³/mol. The minimum Gasteiger partial charge on any atom is -0.480 e. The SMILES string of the molecule is CCCC1(C(=O)NC(CC(N)=O)C(=O)O)CCCN1. The number of rotatable bonds is 7. The summed E-state index contributed by atoms with van der Waals surface area (Å²) in [6.07, 6.45) is 2.61. The summed E-state index contributed by atoms with van der Waals surface area (Å²) >= 11 is 0. The van der Waals surface area contributed by atoms with Crippen molar-refractivity contribution in [2.24, 2.45) is 5.73 Å². The molecule has 0 spiro atoms. The molecule has 1 saturated heterocycles. The van der Waals surface area contributed by atoms with E-state index in [4.69, 9.17) is 10.8 Å². The number of carboxylic acids is 1. The molecule has 108 valence electrons. The zero-order valence-electron chi connectivity index (χ0n) is 11.1. The number of carbonyl (C=O) groups excluding carboxylic acids is 2. The van der Waals surface area contributed by atoms with E-state index in [0.717, 1.165) is 19.4 Å². The second-order valence-electron chi connectivity index (χ2n) is 4.90. The maximum Gasteiger partial charge on any atom is 0.326 e. The number of hydrogen-bond acceptors (Lipinski definition) is 4. The maximum absolute atomic E-state index is 12.3. The molecule has 1 rings (SSSR count). The molecule has 2 atom stereocenters. The Labute approximate surface area is 111 Å². The van der Waals surface area contributed by atoms with Gasteiger partial charge in [0.05, 0.1) is 12.0 Å². The molecule has 7 heteroatoms.